The zero-order chi connectivity index (χ0) is 31.3. The molecular formula is C35H35FN4O4. The Balaban J connectivity index is 1.67. The molecule has 8 nitrogen and oxygen atoms in total. The highest BCUT2D eigenvalue weighted by Crippen LogP contribution is 2.45. The number of carbonyl (C=O) groups is 1. The summed E-state index contributed by atoms with van der Waals surface area (Å²) in [5, 5.41) is 11.2. The highest BCUT2D eigenvalue weighted by atomic mass is 19.1. The van der Waals surface area contributed by atoms with E-state index < -0.39 is 23.5 Å². The molecule has 5 heterocycles. The van der Waals surface area contributed by atoms with E-state index in [4.69, 9.17) is 14.5 Å². The van der Waals surface area contributed by atoms with Crippen molar-refractivity contribution in [2.24, 2.45) is 7.05 Å². The molecule has 0 radical (unpaired) electrons. The predicted molar refractivity (Wildman–Crippen MR) is 167 cm³/mol. The molecule has 0 saturated carbocycles. The third-order valence-electron chi connectivity index (χ3n) is 8.10. The van der Waals surface area contributed by atoms with Crippen LogP contribution in [0.2, 0.25) is 0 Å². The minimum Gasteiger partial charge on any atom is -0.490 e. The Bertz CT molecular complexity index is 1910. The number of aliphatic carboxylic acids is 1. The van der Waals surface area contributed by atoms with Gasteiger partial charge in [0.15, 0.2) is 17.7 Å². The first kappa shape index (κ1) is 29.4. The topological polar surface area (TPSA) is 99.4 Å². The summed E-state index contributed by atoms with van der Waals surface area (Å²) in [6.45, 7) is 9.64. The van der Waals surface area contributed by atoms with Gasteiger partial charge in [-0.1, -0.05) is 0 Å². The third kappa shape index (κ3) is 5.21. The van der Waals surface area contributed by atoms with Crippen molar-refractivity contribution >= 4 is 17.0 Å². The lowest BCUT2D eigenvalue weighted by Gasteiger charge is -2.29. The van der Waals surface area contributed by atoms with Gasteiger partial charge in [-0.15, -0.1) is 0 Å². The number of fused-ring (bicyclic) bond motifs is 2. The number of aromatic nitrogens is 4. The normalized spacial score (nSPS) is 13.9. The molecule has 226 valence electrons. The molecule has 0 aliphatic carbocycles. The van der Waals surface area contributed by atoms with Gasteiger partial charge in [-0.25, -0.2) is 14.2 Å². The minimum atomic E-state index is -1.33. The Kier molecular flexibility index (Phi) is 7.45. The number of ether oxygens (including phenoxy) is 2. The fourth-order valence-electron chi connectivity index (χ4n) is 6.12. The van der Waals surface area contributed by atoms with Crippen molar-refractivity contribution in [3.63, 3.8) is 0 Å². The first-order valence-corrected chi connectivity index (χ1v) is 14.7. The molecule has 0 unspecified atom stereocenters. The van der Waals surface area contributed by atoms with Crippen LogP contribution in [0.15, 0.2) is 55.0 Å². The zero-order valence-corrected chi connectivity index (χ0v) is 25.7. The number of benzene rings is 1. The van der Waals surface area contributed by atoms with Gasteiger partial charge in [-0.05, 0) is 95.0 Å². The van der Waals surface area contributed by atoms with E-state index in [0.29, 0.717) is 46.4 Å². The molecule has 5 aromatic rings. The summed E-state index contributed by atoms with van der Waals surface area (Å²) in [4.78, 5) is 26.4. The van der Waals surface area contributed by atoms with Crippen molar-refractivity contribution < 1.29 is 23.8 Å². The number of rotatable bonds is 6. The number of halogens is 1. The van der Waals surface area contributed by atoms with Gasteiger partial charge in [0, 0.05) is 64.5 Å². The van der Waals surface area contributed by atoms with Gasteiger partial charge in [0.05, 0.1) is 23.6 Å². The number of hydrogen-bond acceptors (Lipinski definition) is 6. The molecule has 0 spiro atoms. The van der Waals surface area contributed by atoms with E-state index in [1.54, 1.807) is 25.5 Å². The van der Waals surface area contributed by atoms with Crippen LogP contribution in [0.4, 0.5) is 4.39 Å². The van der Waals surface area contributed by atoms with Gasteiger partial charge in [0.2, 0.25) is 0 Å². The first-order valence-electron chi connectivity index (χ1n) is 14.7. The quantitative estimate of drug-likeness (QED) is 0.219. The van der Waals surface area contributed by atoms with Crippen molar-refractivity contribution in [2.75, 3.05) is 6.61 Å². The number of carboxylic acid groups (broad SMARTS) is 1. The smallest absolute Gasteiger partial charge is 0.337 e. The number of pyridine rings is 3. The van der Waals surface area contributed by atoms with Gasteiger partial charge in [-0.2, -0.15) is 0 Å². The molecule has 0 bridgehead atoms. The standard InChI is InChI=1S/C35H35FN4O4/c1-19-23-8-7-15-43-31(23)26(36)17-24(19)30-25-18-28(22-11-14-38-27(16-22)21-9-12-37-13-10-21)40(6)33(25)39-20(2)29(30)32(34(41)42)44-35(3,4)5/h9-14,16-18,32H,7-8,15H2,1-6H3,(H,41,42)/t32-/m0/s1. The van der Waals surface area contributed by atoms with Crippen molar-refractivity contribution in [1.29, 1.82) is 0 Å². The summed E-state index contributed by atoms with van der Waals surface area (Å²) in [7, 11) is 1.93. The third-order valence-corrected chi connectivity index (χ3v) is 8.10. The second kappa shape index (κ2) is 11.1. The lowest BCUT2D eigenvalue weighted by molar-refractivity contribution is -0.160. The molecule has 0 amide bonds. The van der Waals surface area contributed by atoms with Crippen LogP contribution < -0.4 is 4.74 Å². The largest absolute Gasteiger partial charge is 0.490 e. The fraction of sp³-hybridized carbons (Fsp3) is 0.314. The van der Waals surface area contributed by atoms with Crippen LogP contribution in [0.25, 0.3) is 44.7 Å². The maximum Gasteiger partial charge on any atom is 0.337 e. The Morgan fingerprint density at radius 3 is 2.52 bits per heavy atom. The molecule has 1 atom stereocenters. The van der Waals surface area contributed by atoms with Crippen LogP contribution in [-0.4, -0.2) is 42.8 Å². The van der Waals surface area contributed by atoms with Crippen molar-refractivity contribution in [3.05, 3.63) is 83.2 Å². The summed E-state index contributed by atoms with van der Waals surface area (Å²) in [5.74, 6) is -1.34. The predicted octanol–water partition coefficient (Wildman–Crippen LogP) is 7.39. The van der Waals surface area contributed by atoms with E-state index >= 15 is 4.39 Å². The van der Waals surface area contributed by atoms with Gasteiger partial charge < -0.3 is 19.1 Å². The van der Waals surface area contributed by atoms with Gasteiger partial charge in [0.1, 0.15) is 5.65 Å². The Hall–Kier alpha value is -4.63. The first-order chi connectivity index (χ1) is 20.9. The van der Waals surface area contributed by atoms with Crippen LogP contribution in [0, 0.1) is 19.7 Å². The van der Waals surface area contributed by atoms with Crippen molar-refractivity contribution in [2.45, 2.75) is 59.2 Å². The monoisotopic (exact) mass is 594 g/mol. The van der Waals surface area contributed by atoms with E-state index in [9.17, 15) is 9.90 Å². The molecule has 1 aliphatic rings. The van der Waals surface area contributed by atoms with Crippen molar-refractivity contribution in [3.8, 4) is 39.4 Å². The molecule has 1 aromatic carbocycles. The summed E-state index contributed by atoms with van der Waals surface area (Å²) in [6, 6.07) is 11.2. The number of hydrogen-bond donors (Lipinski definition) is 1. The highest BCUT2D eigenvalue weighted by Gasteiger charge is 2.34. The summed E-state index contributed by atoms with van der Waals surface area (Å²) in [5.41, 5.74) is 7.11. The Morgan fingerprint density at radius 1 is 1.09 bits per heavy atom. The van der Waals surface area contributed by atoms with E-state index in [0.717, 1.165) is 40.1 Å². The van der Waals surface area contributed by atoms with Crippen LogP contribution in [0.3, 0.4) is 0 Å². The van der Waals surface area contributed by atoms with E-state index in [-0.39, 0.29) is 5.75 Å². The summed E-state index contributed by atoms with van der Waals surface area (Å²) >= 11 is 0. The SMILES string of the molecule is Cc1nc2c(cc(-c3ccnc(-c4ccncc4)c3)n2C)c(-c2cc(F)c3c(c2C)CCCO3)c1[C@H](OC(C)(C)C)C(=O)O. The van der Waals surface area contributed by atoms with Gasteiger partial charge >= 0.3 is 5.97 Å². The number of nitrogens with zero attached hydrogens (tertiary/aromatic N) is 4. The summed E-state index contributed by atoms with van der Waals surface area (Å²) in [6.07, 6.45) is 5.32. The van der Waals surface area contributed by atoms with Crippen LogP contribution in [-0.2, 0) is 23.0 Å². The second-order valence-corrected chi connectivity index (χ2v) is 12.2. The number of aryl methyl sites for hydroxylation is 2. The number of carboxylic acids is 1. The molecular weight excluding hydrogens is 559 g/mol. The lowest BCUT2D eigenvalue weighted by atomic mass is 9.86. The molecule has 9 heteroatoms. The lowest BCUT2D eigenvalue weighted by Crippen LogP contribution is -2.28. The minimum absolute atomic E-state index is 0.274. The molecule has 0 fully saturated rings. The van der Waals surface area contributed by atoms with Crippen molar-refractivity contribution in [1.82, 2.24) is 19.5 Å². The van der Waals surface area contributed by atoms with E-state index in [1.165, 1.54) is 6.07 Å². The fourth-order valence-corrected chi connectivity index (χ4v) is 6.12. The second-order valence-electron chi connectivity index (χ2n) is 12.2. The maximum absolute atomic E-state index is 15.7. The summed E-state index contributed by atoms with van der Waals surface area (Å²) < 4.78 is 29.6. The van der Waals surface area contributed by atoms with Crippen LogP contribution in [0.5, 0.6) is 5.75 Å². The highest BCUT2D eigenvalue weighted by molar-refractivity contribution is 6.01. The average molecular weight is 595 g/mol. The van der Waals surface area contributed by atoms with E-state index in [2.05, 4.69) is 9.97 Å². The molecule has 4 aromatic heterocycles. The molecule has 1 aliphatic heterocycles. The molecule has 44 heavy (non-hydrogen) atoms. The molecule has 1 N–H and O–H groups in total. The Morgan fingerprint density at radius 2 is 1.82 bits per heavy atom. The Labute approximate surface area is 255 Å². The van der Waals surface area contributed by atoms with Crippen LogP contribution in [0.1, 0.15) is 55.7 Å². The molecule has 0 saturated heterocycles. The average Bonchev–Trinajstić information content (AvgIpc) is 3.33. The molecule has 6 rings (SSSR count). The van der Waals surface area contributed by atoms with E-state index in [1.807, 2.05) is 69.6 Å². The maximum atomic E-state index is 15.7. The van der Waals surface area contributed by atoms with Crippen LogP contribution >= 0.6 is 0 Å². The zero-order valence-electron chi connectivity index (χ0n) is 25.7. The van der Waals surface area contributed by atoms with Gasteiger partial charge in [0.25, 0.3) is 0 Å². The van der Waals surface area contributed by atoms with Gasteiger partial charge in [-0.3, -0.25) is 9.97 Å².